The Hall–Kier alpha value is -2.44. The Morgan fingerprint density at radius 2 is 2.04 bits per heavy atom. The van der Waals surface area contributed by atoms with E-state index in [9.17, 15) is 4.79 Å². The molecule has 0 aliphatic heterocycles. The number of thioether (sulfide) groups is 1. The molecule has 0 saturated carbocycles. The molecule has 0 spiro atoms. The van der Waals surface area contributed by atoms with Crippen LogP contribution in [0.1, 0.15) is 5.56 Å². The summed E-state index contributed by atoms with van der Waals surface area (Å²) in [5, 5.41) is 3.95. The number of nitrogens with one attached hydrogen (secondary N) is 1. The average Bonchev–Trinajstić information content (AvgIpc) is 3.04. The molecular formula is C19H15N3OS2. The van der Waals surface area contributed by atoms with E-state index < -0.39 is 0 Å². The maximum atomic E-state index is 12.4. The van der Waals surface area contributed by atoms with Gasteiger partial charge in [-0.05, 0) is 30.7 Å². The molecule has 6 heteroatoms. The topological polar surface area (TPSA) is 54.9 Å². The van der Waals surface area contributed by atoms with Crippen LogP contribution >= 0.6 is 23.1 Å². The van der Waals surface area contributed by atoms with Crippen LogP contribution in [0.4, 0.5) is 5.69 Å². The van der Waals surface area contributed by atoms with Crippen molar-refractivity contribution in [2.75, 3.05) is 11.1 Å². The number of anilines is 1. The van der Waals surface area contributed by atoms with Gasteiger partial charge in [0.1, 0.15) is 0 Å². The summed E-state index contributed by atoms with van der Waals surface area (Å²) in [6.07, 6.45) is 1.73. The molecule has 0 fully saturated rings. The minimum absolute atomic E-state index is 0.0433. The molecule has 1 amide bonds. The summed E-state index contributed by atoms with van der Waals surface area (Å²) >= 11 is 3.07. The van der Waals surface area contributed by atoms with Gasteiger partial charge < -0.3 is 5.32 Å². The highest BCUT2D eigenvalue weighted by atomic mass is 32.2. The molecule has 0 saturated heterocycles. The molecule has 1 N–H and O–H groups in total. The molecule has 4 rings (SSSR count). The van der Waals surface area contributed by atoms with Gasteiger partial charge in [-0.3, -0.25) is 9.78 Å². The number of amides is 1. The molecule has 25 heavy (non-hydrogen) atoms. The van der Waals surface area contributed by atoms with Gasteiger partial charge in [0.25, 0.3) is 0 Å². The molecule has 2 aromatic heterocycles. The fourth-order valence-electron chi connectivity index (χ4n) is 2.66. The number of hydrogen-bond acceptors (Lipinski definition) is 5. The number of rotatable bonds is 4. The van der Waals surface area contributed by atoms with Crippen molar-refractivity contribution in [1.82, 2.24) is 9.97 Å². The van der Waals surface area contributed by atoms with E-state index in [2.05, 4.69) is 15.3 Å². The average molecular weight is 365 g/mol. The fraction of sp³-hybridized carbons (Fsp3) is 0.105. The number of fused-ring (bicyclic) bond motifs is 2. The van der Waals surface area contributed by atoms with Crippen molar-refractivity contribution < 1.29 is 4.79 Å². The van der Waals surface area contributed by atoms with E-state index in [-0.39, 0.29) is 5.91 Å². The SMILES string of the molecule is Cc1cccc2c(NC(=O)CSc3nc4ccccc4s3)ccnc12. The maximum absolute atomic E-state index is 12.4. The van der Waals surface area contributed by atoms with Crippen molar-refractivity contribution in [1.29, 1.82) is 0 Å². The molecule has 0 aliphatic rings. The van der Waals surface area contributed by atoms with Crippen LogP contribution in [0.5, 0.6) is 0 Å². The van der Waals surface area contributed by atoms with Gasteiger partial charge in [0.05, 0.1) is 27.2 Å². The Kier molecular flexibility index (Phi) is 4.38. The first-order valence-electron chi connectivity index (χ1n) is 7.83. The van der Waals surface area contributed by atoms with E-state index in [0.717, 1.165) is 36.7 Å². The highest BCUT2D eigenvalue weighted by Gasteiger charge is 2.10. The molecular weight excluding hydrogens is 350 g/mol. The second-order valence-corrected chi connectivity index (χ2v) is 7.87. The van der Waals surface area contributed by atoms with Crippen LogP contribution in [-0.4, -0.2) is 21.6 Å². The van der Waals surface area contributed by atoms with Gasteiger partial charge in [-0.15, -0.1) is 11.3 Å². The van der Waals surface area contributed by atoms with Crippen molar-refractivity contribution in [2.45, 2.75) is 11.3 Å². The number of carbonyl (C=O) groups is 1. The lowest BCUT2D eigenvalue weighted by molar-refractivity contribution is -0.113. The normalized spacial score (nSPS) is 11.1. The van der Waals surface area contributed by atoms with Crippen molar-refractivity contribution in [3.8, 4) is 0 Å². The lowest BCUT2D eigenvalue weighted by atomic mass is 10.1. The third-order valence-corrected chi connectivity index (χ3v) is 6.03. The number of aromatic nitrogens is 2. The van der Waals surface area contributed by atoms with Crippen LogP contribution in [0.3, 0.4) is 0 Å². The zero-order valence-electron chi connectivity index (χ0n) is 13.5. The van der Waals surface area contributed by atoms with Crippen molar-refractivity contribution in [2.24, 2.45) is 0 Å². The van der Waals surface area contributed by atoms with E-state index >= 15 is 0 Å². The highest BCUT2D eigenvalue weighted by molar-refractivity contribution is 8.01. The minimum Gasteiger partial charge on any atom is -0.325 e. The van der Waals surface area contributed by atoms with Gasteiger partial charge >= 0.3 is 0 Å². The molecule has 124 valence electrons. The van der Waals surface area contributed by atoms with Crippen molar-refractivity contribution >= 4 is 55.8 Å². The molecule has 4 nitrogen and oxygen atoms in total. The third-order valence-electron chi connectivity index (χ3n) is 3.85. The predicted molar refractivity (Wildman–Crippen MR) is 105 cm³/mol. The quantitative estimate of drug-likeness (QED) is 0.524. The second kappa shape index (κ2) is 6.82. The first-order valence-corrected chi connectivity index (χ1v) is 9.63. The largest absolute Gasteiger partial charge is 0.325 e. The monoisotopic (exact) mass is 365 g/mol. The number of hydrogen-bond donors (Lipinski definition) is 1. The van der Waals surface area contributed by atoms with Crippen LogP contribution in [-0.2, 0) is 4.79 Å². The smallest absolute Gasteiger partial charge is 0.234 e. The molecule has 4 aromatic rings. The molecule has 0 bridgehead atoms. The number of thiazole rings is 1. The standard InChI is InChI=1S/C19H15N3OS2/c1-12-5-4-6-13-14(9-10-20-18(12)13)21-17(23)11-24-19-22-15-7-2-3-8-16(15)25-19/h2-10H,11H2,1H3,(H,20,21,23). The number of para-hydroxylation sites is 2. The van der Waals surface area contributed by atoms with E-state index in [1.54, 1.807) is 17.5 Å². The van der Waals surface area contributed by atoms with Crippen molar-refractivity contribution in [3.63, 3.8) is 0 Å². The summed E-state index contributed by atoms with van der Waals surface area (Å²) in [5.41, 5.74) is 3.78. The molecule has 0 atom stereocenters. The lowest BCUT2D eigenvalue weighted by Gasteiger charge is -2.09. The lowest BCUT2D eigenvalue weighted by Crippen LogP contribution is -2.14. The molecule has 2 heterocycles. The number of benzene rings is 2. The summed E-state index contributed by atoms with van der Waals surface area (Å²) in [6, 6.07) is 15.8. The van der Waals surface area contributed by atoms with E-state index in [1.165, 1.54) is 11.8 Å². The Morgan fingerprint density at radius 3 is 2.92 bits per heavy atom. The number of pyridine rings is 1. The third kappa shape index (κ3) is 3.36. The molecule has 0 aliphatic carbocycles. The van der Waals surface area contributed by atoms with Gasteiger partial charge in [-0.1, -0.05) is 42.1 Å². The van der Waals surface area contributed by atoms with E-state index in [1.807, 2.05) is 55.5 Å². The summed E-state index contributed by atoms with van der Waals surface area (Å²) in [5.74, 6) is 0.286. The number of nitrogens with zero attached hydrogens (tertiary/aromatic N) is 2. The summed E-state index contributed by atoms with van der Waals surface area (Å²) in [7, 11) is 0. The number of carbonyl (C=O) groups excluding carboxylic acids is 1. The van der Waals surface area contributed by atoms with Crippen molar-refractivity contribution in [3.05, 3.63) is 60.3 Å². The molecule has 0 unspecified atom stereocenters. The maximum Gasteiger partial charge on any atom is 0.234 e. The molecule has 0 radical (unpaired) electrons. The van der Waals surface area contributed by atoms with E-state index in [4.69, 9.17) is 0 Å². The summed E-state index contributed by atoms with van der Waals surface area (Å²) in [6.45, 7) is 2.02. The zero-order valence-corrected chi connectivity index (χ0v) is 15.2. The van der Waals surface area contributed by atoms with Crippen LogP contribution in [0.2, 0.25) is 0 Å². The summed E-state index contributed by atoms with van der Waals surface area (Å²) < 4.78 is 2.05. The van der Waals surface area contributed by atoms with Gasteiger partial charge in [0.2, 0.25) is 5.91 Å². The van der Waals surface area contributed by atoms with Gasteiger partial charge in [-0.25, -0.2) is 4.98 Å². The molecule has 2 aromatic carbocycles. The zero-order chi connectivity index (χ0) is 17.2. The Labute approximate surface area is 153 Å². The summed E-state index contributed by atoms with van der Waals surface area (Å²) in [4.78, 5) is 21.3. The minimum atomic E-state index is -0.0433. The van der Waals surface area contributed by atoms with Gasteiger partial charge in [-0.2, -0.15) is 0 Å². The Morgan fingerprint density at radius 1 is 1.16 bits per heavy atom. The van der Waals surface area contributed by atoms with Crippen LogP contribution in [0, 0.1) is 6.92 Å². The van der Waals surface area contributed by atoms with Gasteiger partial charge in [0, 0.05) is 11.6 Å². The van der Waals surface area contributed by atoms with Crippen LogP contribution in [0.15, 0.2) is 59.1 Å². The van der Waals surface area contributed by atoms with Gasteiger partial charge in [0.15, 0.2) is 4.34 Å². The predicted octanol–water partition coefficient (Wildman–Crippen LogP) is 4.88. The number of aryl methyl sites for hydroxylation is 1. The Bertz CT molecular complexity index is 1040. The van der Waals surface area contributed by atoms with E-state index in [0.29, 0.717) is 5.75 Å². The second-order valence-electron chi connectivity index (χ2n) is 5.61. The Balaban J connectivity index is 1.48. The first kappa shape index (κ1) is 16.1. The fourth-order valence-corrected chi connectivity index (χ4v) is 4.53. The first-order chi connectivity index (χ1) is 12.2. The van der Waals surface area contributed by atoms with Crippen LogP contribution in [0.25, 0.3) is 21.1 Å². The van der Waals surface area contributed by atoms with Crippen LogP contribution < -0.4 is 5.32 Å². The highest BCUT2D eigenvalue weighted by Crippen LogP contribution is 2.29.